The van der Waals surface area contributed by atoms with Gasteiger partial charge in [-0.1, -0.05) is 47.7 Å². The predicted molar refractivity (Wildman–Crippen MR) is 157 cm³/mol. The van der Waals surface area contributed by atoms with Gasteiger partial charge in [-0.05, 0) is 35.3 Å². The molecule has 0 radical (unpaired) electrons. The first-order chi connectivity index (χ1) is 17.2. The quantitative estimate of drug-likeness (QED) is 0.116. The van der Waals surface area contributed by atoms with Crippen molar-refractivity contribution in [2.45, 2.75) is 76.0 Å². The molecule has 0 saturated heterocycles. The van der Waals surface area contributed by atoms with Crippen molar-refractivity contribution in [1.29, 1.82) is 0 Å². The average Bonchev–Trinajstić information content (AvgIpc) is 3.63. The maximum atomic E-state index is 4.63. The molecule has 0 N–H and O–H groups in total. The molecular formula is C30H40FeN4P2-6. The molecule has 0 amide bonds. The number of aromatic nitrogens is 4. The molecule has 0 spiro atoms. The first-order valence-corrected chi connectivity index (χ1v) is 14.8. The Morgan fingerprint density at radius 1 is 0.757 bits per heavy atom. The van der Waals surface area contributed by atoms with Crippen molar-refractivity contribution in [1.82, 2.24) is 19.9 Å². The van der Waals surface area contributed by atoms with Crippen LogP contribution in [0.15, 0.2) is 85.5 Å². The van der Waals surface area contributed by atoms with E-state index in [-0.39, 0.29) is 25.0 Å². The van der Waals surface area contributed by atoms with Crippen LogP contribution in [0.2, 0.25) is 0 Å². The Labute approximate surface area is 237 Å². The zero-order valence-electron chi connectivity index (χ0n) is 22.9. The molecule has 0 fully saturated rings. The topological polar surface area (TPSA) is 51.6 Å². The maximum absolute atomic E-state index is 4.63. The van der Waals surface area contributed by atoms with Crippen LogP contribution in [0.3, 0.4) is 0 Å². The SMILES string of the molecule is CCC(C)(C)P(C[c-]1cccc1C(P)(c1ncccn1)c1ncccn1)C(C)(C)CC.[Fe].[cH-]1[cH-][cH-][cH-][cH-]1. The van der Waals surface area contributed by atoms with Crippen LogP contribution in [0, 0.1) is 0 Å². The third kappa shape index (κ3) is 7.42. The van der Waals surface area contributed by atoms with Crippen molar-refractivity contribution >= 4 is 17.2 Å². The van der Waals surface area contributed by atoms with Crippen LogP contribution in [0.25, 0.3) is 0 Å². The molecular weight excluding hydrogens is 534 g/mol. The second-order valence-electron chi connectivity index (χ2n) is 10.3. The monoisotopic (exact) mass is 574 g/mol. The summed E-state index contributed by atoms with van der Waals surface area (Å²) in [7, 11) is 2.70. The zero-order valence-corrected chi connectivity index (χ0v) is 26.0. The van der Waals surface area contributed by atoms with Crippen LogP contribution in [0.1, 0.15) is 77.2 Å². The van der Waals surface area contributed by atoms with Crippen molar-refractivity contribution in [3.8, 4) is 0 Å². The minimum absolute atomic E-state index is 0. The Hall–Kier alpha value is -1.76. The van der Waals surface area contributed by atoms with Gasteiger partial charge >= 0.3 is 0 Å². The van der Waals surface area contributed by atoms with Crippen LogP contribution in [0.5, 0.6) is 0 Å². The van der Waals surface area contributed by atoms with E-state index < -0.39 is 5.16 Å². The summed E-state index contributed by atoms with van der Waals surface area (Å²) < 4.78 is 0. The van der Waals surface area contributed by atoms with Gasteiger partial charge in [0.1, 0.15) is 16.8 Å². The summed E-state index contributed by atoms with van der Waals surface area (Å²) in [5, 5.41) is -0.103. The molecule has 2 heterocycles. The van der Waals surface area contributed by atoms with Crippen molar-refractivity contribution < 1.29 is 17.1 Å². The van der Waals surface area contributed by atoms with E-state index in [0.717, 1.165) is 6.16 Å². The molecule has 4 aromatic rings. The summed E-state index contributed by atoms with van der Waals surface area (Å²) >= 11 is 0. The third-order valence-corrected chi connectivity index (χ3v) is 12.3. The third-order valence-electron chi connectivity index (χ3n) is 7.24. The smallest absolute Gasteiger partial charge is 0.147 e. The molecule has 2 aromatic carbocycles. The molecule has 4 nitrogen and oxygen atoms in total. The number of nitrogens with zero attached hydrogens (tertiary/aromatic N) is 4. The molecule has 7 heteroatoms. The van der Waals surface area contributed by atoms with E-state index in [1.807, 2.05) is 42.5 Å². The van der Waals surface area contributed by atoms with E-state index in [1.54, 1.807) is 24.8 Å². The molecule has 37 heavy (non-hydrogen) atoms. The summed E-state index contributed by atoms with van der Waals surface area (Å²) in [5.74, 6) is 1.40. The fourth-order valence-corrected chi connectivity index (χ4v) is 8.90. The Morgan fingerprint density at radius 3 is 1.54 bits per heavy atom. The van der Waals surface area contributed by atoms with Crippen molar-refractivity contribution in [3.63, 3.8) is 0 Å². The van der Waals surface area contributed by atoms with Gasteiger partial charge < -0.3 is 30.3 Å². The number of hydrogen-bond donors (Lipinski definition) is 0. The van der Waals surface area contributed by atoms with Gasteiger partial charge in [-0.3, -0.25) is 0 Å². The normalized spacial score (nSPS) is 12.0. The molecule has 0 bridgehead atoms. The number of hydrogen-bond acceptors (Lipinski definition) is 4. The van der Waals surface area contributed by atoms with Gasteiger partial charge in [-0.25, -0.2) is 32.1 Å². The van der Waals surface area contributed by atoms with Crippen LogP contribution in [-0.4, -0.2) is 30.2 Å². The van der Waals surface area contributed by atoms with Gasteiger partial charge in [0.25, 0.3) is 0 Å². The van der Waals surface area contributed by atoms with Crippen LogP contribution in [0.4, 0.5) is 0 Å². The maximum Gasteiger partial charge on any atom is 0.147 e. The molecule has 0 aliphatic rings. The minimum Gasteiger partial charge on any atom is -0.748 e. The van der Waals surface area contributed by atoms with Crippen molar-refractivity contribution in [3.05, 3.63) is 108 Å². The van der Waals surface area contributed by atoms with Crippen molar-refractivity contribution in [2.24, 2.45) is 0 Å². The van der Waals surface area contributed by atoms with E-state index in [0.29, 0.717) is 22.0 Å². The van der Waals surface area contributed by atoms with Gasteiger partial charge in [0.15, 0.2) is 0 Å². The average molecular weight is 574 g/mol. The summed E-state index contributed by atoms with van der Waals surface area (Å²) in [6, 6.07) is 20.3. The van der Waals surface area contributed by atoms with E-state index >= 15 is 0 Å². The number of rotatable bonds is 9. The molecule has 1 unspecified atom stereocenters. The summed E-state index contributed by atoms with van der Waals surface area (Å²) in [4.78, 5) is 18.5. The molecule has 2 aromatic heterocycles. The first kappa shape index (κ1) is 31.5. The summed E-state index contributed by atoms with van der Waals surface area (Å²) in [6.45, 7) is 14.4. The summed E-state index contributed by atoms with van der Waals surface area (Å²) in [6.07, 6.45) is 10.6. The van der Waals surface area contributed by atoms with Crippen LogP contribution in [-0.2, 0) is 28.4 Å². The standard InChI is InChI=1S/C25H35N4P2.C5H5.Fe/c1-7-23(3,4)31(24(5,6)8-2)18-19-12-9-13-20(19)25(30,21-26-14-10-15-27-21)22-28-16-11-17-29-22;1-2-4-5-3-1;/h9-17H,7-8,18,30H2,1-6H3;1-5H;/q-1;-5;. The van der Waals surface area contributed by atoms with Crippen LogP contribution < -0.4 is 0 Å². The van der Waals surface area contributed by atoms with Gasteiger partial charge in [0.05, 0.1) is 0 Å². The molecule has 0 aliphatic carbocycles. The van der Waals surface area contributed by atoms with Gasteiger partial charge in [-0.15, -0.1) is 28.3 Å². The molecule has 204 valence electrons. The molecule has 0 saturated carbocycles. The second-order valence-corrected chi connectivity index (χ2v) is 14.8. The van der Waals surface area contributed by atoms with Crippen LogP contribution >= 0.6 is 17.2 Å². The summed E-state index contributed by atoms with van der Waals surface area (Å²) in [5.41, 5.74) is 2.53. The Bertz CT molecular complexity index is 1090. The first-order valence-electron chi connectivity index (χ1n) is 12.7. The zero-order chi connectivity index (χ0) is 26.2. The molecule has 0 aliphatic heterocycles. The minimum atomic E-state index is -0.685. The van der Waals surface area contributed by atoms with Gasteiger partial charge in [-0.2, -0.15) is 6.07 Å². The van der Waals surface area contributed by atoms with E-state index in [9.17, 15) is 0 Å². The fourth-order valence-electron chi connectivity index (χ4n) is 4.45. The van der Waals surface area contributed by atoms with E-state index in [1.165, 1.54) is 24.0 Å². The van der Waals surface area contributed by atoms with E-state index in [4.69, 9.17) is 0 Å². The largest absolute Gasteiger partial charge is 0.748 e. The molecule has 1 atom stereocenters. The van der Waals surface area contributed by atoms with E-state index in [2.05, 4.69) is 88.9 Å². The molecule has 4 rings (SSSR count). The van der Waals surface area contributed by atoms with Gasteiger partial charge in [0.2, 0.25) is 0 Å². The second kappa shape index (κ2) is 13.9. The fraction of sp³-hybridized carbons (Fsp3) is 0.400. The predicted octanol–water partition coefficient (Wildman–Crippen LogP) is 7.91. The Kier molecular flexibility index (Phi) is 11.8. The van der Waals surface area contributed by atoms with Gasteiger partial charge in [0, 0.05) is 41.9 Å². The Balaban J connectivity index is 0.000000716. The Morgan fingerprint density at radius 2 is 1.16 bits per heavy atom. The van der Waals surface area contributed by atoms with Crippen molar-refractivity contribution in [2.75, 3.05) is 0 Å².